The summed E-state index contributed by atoms with van der Waals surface area (Å²) in [5, 5.41) is 0.779. The van der Waals surface area contributed by atoms with E-state index in [1.54, 1.807) is 0 Å². The second-order valence-corrected chi connectivity index (χ2v) is 5.53. The smallest absolute Gasteiger partial charge is 0.0499 e. The molecular formula is C18H16ClN. The van der Waals surface area contributed by atoms with Gasteiger partial charge in [0.2, 0.25) is 0 Å². The van der Waals surface area contributed by atoms with Crippen LogP contribution >= 0.6 is 11.6 Å². The van der Waals surface area contributed by atoms with Crippen LogP contribution < -0.4 is 4.90 Å². The van der Waals surface area contributed by atoms with Crippen molar-refractivity contribution in [1.82, 2.24) is 0 Å². The molecule has 100 valence electrons. The fourth-order valence-corrected chi connectivity index (χ4v) is 2.61. The average molecular weight is 282 g/mol. The highest BCUT2D eigenvalue weighted by molar-refractivity contribution is 6.32. The van der Waals surface area contributed by atoms with Gasteiger partial charge in [-0.15, -0.1) is 0 Å². The molecule has 0 saturated carbocycles. The molecule has 0 fully saturated rings. The third-order valence-corrected chi connectivity index (χ3v) is 3.85. The Morgan fingerprint density at radius 2 is 1.80 bits per heavy atom. The van der Waals surface area contributed by atoms with Crippen molar-refractivity contribution in [2.75, 3.05) is 19.0 Å². The highest BCUT2D eigenvalue weighted by Gasteiger charge is 2.10. The van der Waals surface area contributed by atoms with Crippen LogP contribution in [0.2, 0.25) is 5.02 Å². The normalized spacial score (nSPS) is 14.7. The molecule has 1 nitrogen and oxygen atoms in total. The molecule has 3 rings (SSSR count). The first-order chi connectivity index (χ1) is 9.65. The van der Waals surface area contributed by atoms with Gasteiger partial charge in [-0.2, -0.15) is 0 Å². The quantitative estimate of drug-likeness (QED) is 0.751. The van der Waals surface area contributed by atoms with E-state index >= 15 is 0 Å². The summed E-state index contributed by atoms with van der Waals surface area (Å²) in [6.07, 6.45) is 6.42. The van der Waals surface area contributed by atoms with Gasteiger partial charge in [0.1, 0.15) is 0 Å². The van der Waals surface area contributed by atoms with Gasteiger partial charge >= 0.3 is 0 Å². The summed E-state index contributed by atoms with van der Waals surface area (Å²) in [4.78, 5) is 2.05. The van der Waals surface area contributed by atoms with Gasteiger partial charge in [-0.05, 0) is 40.5 Å². The minimum absolute atomic E-state index is 0.779. The fourth-order valence-electron chi connectivity index (χ4n) is 2.38. The predicted octanol–water partition coefficient (Wildman–Crippen LogP) is 4.97. The van der Waals surface area contributed by atoms with E-state index < -0.39 is 0 Å². The molecule has 0 bridgehead atoms. The van der Waals surface area contributed by atoms with Crippen LogP contribution in [0.3, 0.4) is 0 Å². The van der Waals surface area contributed by atoms with Crippen molar-refractivity contribution in [3.05, 3.63) is 70.3 Å². The van der Waals surface area contributed by atoms with E-state index in [1.807, 2.05) is 25.1 Å². The van der Waals surface area contributed by atoms with Crippen molar-refractivity contribution in [1.29, 1.82) is 0 Å². The molecule has 0 aliphatic heterocycles. The number of allylic oxidation sites excluding steroid dienone is 2. The van der Waals surface area contributed by atoms with Gasteiger partial charge in [-0.25, -0.2) is 0 Å². The monoisotopic (exact) mass is 281 g/mol. The third kappa shape index (κ3) is 2.37. The van der Waals surface area contributed by atoms with Crippen LogP contribution in [0.15, 0.2) is 48.5 Å². The fraction of sp³-hybridized carbons (Fsp3) is 0.111. The summed E-state index contributed by atoms with van der Waals surface area (Å²) in [6.45, 7) is 0. The number of nitrogens with zero attached hydrogens (tertiary/aromatic N) is 1. The lowest BCUT2D eigenvalue weighted by atomic mass is 10.0. The summed E-state index contributed by atoms with van der Waals surface area (Å²) in [5.74, 6) is 0. The number of benzene rings is 2. The van der Waals surface area contributed by atoms with Crippen LogP contribution in [-0.4, -0.2) is 14.1 Å². The lowest BCUT2D eigenvalue weighted by Gasteiger charge is -2.13. The molecule has 0 amide bonds. The van der Waals surface area contributed by atoms with Crippen molar-refractivity contribution in [3.63, 3.8) is 0 Å². The zero-order chi connectivity index (χ0) is 14.1. The lowest BCUT2D eigenvalue weighted by molar-refractivity contribution is 1.13. The highest BCUT2D eigenvalue weighted by atomic mass is 35.5. The Balaban J connectivity index is 2.00. The van der Waals surface area contributed by atoms with Gasteiger partial charge in [0.15, 0.2) is 0 Å². The molecule has 0 unspecified atom stereocenters. The minimum Gasteiger partial charge on any atom is -0.378 e. The van der Waals surface area contributed by atoms with E-state index in [9.17, 15) is 0 Å². The number of halogens is 1. The Hall–Kier alpha value is -1.99. The van der Waals surface area contributed by atoms with E-state index in [2.05, 4.69) is 54.6 Å². The summed E-state index contributed by atoms with van der Waals surface area (Å²) in [5.41, 5.74) is 5.90. The molecule has 2 aromatic carbocycles. The van der Waals surface area contributed by atoms with Gasteiger partial charge < -0.3 is 4.90 Å². The second-order valence-electron chi connectivity index (χ2n) is 5.12. The Kier molecular flexibility index (Phi) is 3.37. The van der Waals surface area contributed by atoms with Crippen LogP contribution in [0.4, 0.5) is 5.69 Å². The van der Waals surface area contributed by atoms with E-state index in [0.717, 1.165) is 16.3 Å². The summed E-state index contributed by atoms with van der Waals surface area (Å²) >= 11 is 6.38. The maximum atomic E-state index is 6.38. The van der Waals surface area contributed by atoms with E-state index in [-0.39, 0.29) is 0 Å². The third-order valence-electron chi connectivity index (χ3n) is 3.53. The Labute approximate surface area is 124 Å². The van der Waals surface area contributed by atoms with Crippen molar-refractivity contribution >= 4 is 35.0 Å². The molecule has 0 atom stereocenters. The van der Waals surface area contributed by atoms with Gasteiger partial charge in [-0.1, -0.05) is 54.1 Å². The number of hydrogen-bond donors (Lipinski definition) is 0. The summed E-state index contributed by atoms with van der Waals surface area (Å²) in [7, 11) is 4.03. The van der Waals surface area contributed by atoms with Crippen LogP contribution in [0.1, 0.15) is 16.7 Å². The van der Waals surface area contributed by atoms with Crippen LogP contribution in [0.25, 0.3) is 17.7 Å². The molecule has 1 aliphatic carbocycles. The maximum absolute atomic E-state index is 6.38. The molecule has 20 heavy (non-hydrogen) atoms. The number of rotatable bonds is 2. The van der Waals surface area contributed by atoms with Crippen molar-refractivity contribution in [2.45, 2.75) is 0 Å². The van der Waals surface area contributed by atoms with Gasteiger partial charge in [0.25, 0.3) is 0 Å². The van der Waals surface area contributed by atoms with Gasteiger partial charge in [-0.3, -0.25) is 0 Å². The van der Waals surface area contributed by atoms with Crippen molar-refractivity contribution in [2.24, 2.45) is 0 Å². The van der Waals surface area contributed by atoms with E-state index in [1.165, 1.54) is 16.7 Å². The lowest BCUT2D eigenvalue weighted by Crippen LogP contribution is -2.08. The molecule has 0 aromatic heterocycles. The molecule has 1 aliphatic rings. The van der Waals surface area contributed by atoms with Crippen LogP contribution in [-0.2, 0) is 0 Å². The Morgan fingerprint density at radius 1 is 1.00 bits per heavy atom. The molecule has 0 N–H and O–H groups in total. The topological polar surface area (TPSA) is 3.24 Å². The Morgan fingerprint density at radius 3 is 2.55 bits per heavy atom. The molecule has 2 aromatic rings. The molecule has 2 heteroatoms. The van der Waals surface area contributed by atoms with Crippen molar-refractivity contribution < 1.29 is 0 Å². The first-order valence-corrected chi connectivity index (χ1v) is 6.99. The molecular weight excluding hydrogens is 266 g/mol. The molecule has 0 heterocycles. The first-order valence-electron chi connectivity index (χ1n) is 6.61. The van der Waals surface area contributed by atoms with Crippen LogP contribution in [0, 0.1) is 0 Å². The van der Waals surface area contributed by atoms with Crippen LogP contribution in [0.5, 0.6) is 0 Å². The predicted molar refractivity (Wildman–Crippen MR) is 89.1 cm³/mol. The first kappa shape index (κ1) is 13.0. The highest BCUT2D eigenvalue weighted by Crippen LogP contribution is 2.32. The molecule has 0 radical (unpaired) electrons. The number of anilines is 1. The van der Waals surface area contributed by atoms with Crippen molar-refractivity contribution in [3.8, 4) is 0 Å². The van der Waals surface area contributed by atoms with E-state index in [4.69, 9.17) is 11.6 Å². The second kappa shape index (κ2) is 5.18. The minimum atomic E-state index is 0.779. The standard InChI is InChI=1S/C18H16ClN/c1-20(2)16-10-9-15(18(19)12-16)11-14-8-7-13-5-3-4-6-17(13)14/h3-12H,1-2H3/b14-11-. The van der Waals surface area contributed by atoms with E-state index in [0.29, 0.717) is 0 Å². The number of hydrogen-bond acceptors (Lipinski definition) is 1. The largest absolute Gasteiger partial charge is 0.378 e. The molecule has 0 spiro atoms. The summed E-state index contributed by atoms with van der Waals surface area (Å²) < 4.78 is 0. The van der Waals surface area contributed by atoms with Gasteiger partial charge in [0, 0.05) is 24.8 Å². The molecule has 0 saturated heterocycles. The average Bonchev–Trinajstić information content (AvgIpc) is 2.84. The number of fused-ring (bicyclic) bond motifs is 1. The summed E-state index contributed by atoms with van der Waals surface area (Å²) in [6, 6.07) is 14.6. The Bertz CT molecular complexity index is 711. The zero-order valence-corrected chi connectivity index (χ0v) is 12.4. The zero-order valence-electron chi connectivity index (χ0n) is 11.6. The SMILES string of the molecule is CN(C)c1ccc(/C=C2/C=Cc3ccccc32)c(Cl)c1. The van der Waals surface area contributed by atoms with Gasteiger partial charge in [0.05, 0.1) is 0 Å². The maximum Gasteiger partial charge on any atom is 0.0499 e.